The summed E-state index contributed by atoms with van der Waals surface area (Å²) in [6.07, 6.45) is 6.76. The van der Waals surface area contributed by atoms with E-state index in [-0.39, 0.29) is 23.3 Å². The highest BCUT2D eigenvalue weighted by Gasteiger charge is 2.29. The van der Waals surface area contributed by atoms with Gasteiger partial charge in [-0.2, -0.15) is 4.31 Å². The molecule has 0 atom stereocenters. The number of carbonyl (C=O) groups is 1. The van der Waals surface area contributed by atoms with Crippen molar-refractivity contribution in [2.45, 2.75) is 54.5 Å². The lowest BCUT2D eigenvalue weighted by molar-refractivity contribution is -0.115. The van der Waals surface area contributed by atoms with Crippen LogP contribution in [-0.2, 0) is 14.8 Å². The number of thioether (sulfide) groups is 1. The molecule has 1 heterocycles. The summed E-state index contributed by atoms with van der Waals surface area (Å²) >= 11 is 7.38. The fourth-order valence-electron chi connectivity index (χ4n) is 3.65. The van der Waals surface area contributed by atoms with Crippen molar-refractivity contribution in [2.75, 3.05) is 25.2 Å². The number of pyridine rings is 1. The van der Waals surface area contributed by atoms with E-state index in [0.717, 1.165) is 25.7 Å². The van der Waals surface area contributed by atoms with E-state index in [1.54, 1.807) is 37.4 Å². The first-order valence-electron chi connectivity index (χ1n) is 10.5. The van der Waals surface area contributed by atoms with Gasteiger partial charge in [0, 0.05) is 36.5 Å². The van der Waals surface area contributed by atoms with Crippen LogP contribution in [0.25, 0.3) is 0 Å². The van der Waals surface area contributed by atoms with Gasteiger partial charge in [0.2, 0.25) is 15.9 Å². The van der Waals surface area contributed by atoms with Gasteiger partial charge < -0.3 is 10.1 Å². The normalized spacial score (nSPS) is 15.0. The Morgan fingerprint density at radius 2 is 2.00 bits per heavy atom. The second-order valence-corrected chi connectivity index (χ2v) is 11.2. The Balaban J connectivity index is 1.52. The summed E-state index contributed by atoms with van der Waals surface area (Å²) < 4.78 is 32.5. The van der Waals surface area contributed by atoms with Crippen molar-refractivity contribution in [1.82, 2.24) is 9.29 Å². The molecule has 1 aliphatic carbocycles. The molecule has 7 nitrogen and oxygen atoms in total. The van der Waals surface area contributed by atoms with Crippen LogP contribution in [0.1, 0.15) is 38.5 Å². The number of rotatable bonds is 9. The molecule has 0 radical (unpaired) electrons. The van der Waals surface area contributed by atoms with Gasteiger partial charge in [-0.25, -0.2) is 13.4 Å². The maximum atomic E-state index is 12.9. The summed E-state index contributed by atoms with van der Waals surface area (Å²) in [5.41, 5.74) is 0.518. The fourth-order valence-corrected chi connectivity index (χ4v) is 5.97. The highest BCUT2D eigenvalue weighted by Crippen LogP contribution is 2.29. The first-order chi connectivity index (χ1) is 15.3. The highest BCUT2D eigenvalue weighted by molar-refractivity contribution is 7.99. The Bertz CT molecular complexity index is 1030. The van der Waals surface area contributed by atoms with E-state index in [2.05, 4.69) is 10.3 Å². The number of aromatic nitrogens is 1. The molecule has 0 saturated heterocycles. The molecule has 1 saturated carbocycles. The van der Waals surface area contributed by atoms with Crippen molar-refractivity contribution in [3.63, 3.8) is 0 Å². The van der Waals surface area contributed by atoms with Crippen molar-refractivity contribution < 1.29 is 17.9 Å². The quantitative estimate of drug-likeness (QED) is 0.500. The Kier molecular flexibility index (Phi) is 8.81. The largest absolute Gasteiger partial charge is 0.495 e. The molecule has 0 unspecified atom stereocenters. The van der Waals surface area contributed by atoms with Crippen LogP contribution in [0.3, 0.4) is 0 Å². The van der Waals surface area contributed by atoms with E-state index in [1.165, 1.54) is 35.8 Å². The van der Waals surface area contributed by atoms with Gasteiger partial charge in [-0.3, -0.25) is 4.79 Å². The molecule has 1 N–H and O–H groups in total. The second-order valence-electron chi connectivity index (χ2n) is 7.64. The zero-order valence-corrected chi connectivity index (χ0v) is 20.6. The number of sulfonamides is 1. The molecule has 0 bridgehead atoms. The number of amides is 1. The highest BCUT2D eigenvalue weighted by atomic mass is 35.5. The van der Waals surface area contributed by atoms with Gasteiger partial charge in [-0.1, -0.05) is 30.9 Å². The molecule has 3 rings (SSSR count). The standard InChI is InChI=1S/C22H28ClN3O4S2/c1-26(17-6-4-3-5-7-17)32(28,29)18-9-11-22(24-15-18)31-13-12-21(27)25-19-14-16(23)8-10-20(19)30-2/h8-11,14-15,17H,3-7,12-13H2,1-2H3,(H,25,27). The average Bonchev–Trinajstić information content (AvgIpc) is 2.79. The zero-order valence-electron chi connectivity index (χ0n) is 18.2. The van der Waals surface area contributed by atoms with Crippen molar-refractivity contribution in [3.05, 3.63) is 41.6 Å². The molecule has 1 amide bonds. The number of hydrogen-bond acceptors (Lipinski definition) is 6. The number of nitrogens with one attached hydrogen (secondary N) is 1. The lowest BCUT2D eigenvalue weighted by atomic mass is 9.96. The third-order valence-corrected chi connectivity index (χ3v) is 8.56. The van der Waals surface area contributed by atoms with E-state index in [4.69, 9.17) is 16.3 Å². The van der Waals surface area contributed by atoms with Crippen LogP contribution in [0.15, 0.2) is 46.5 Å². The Hall–Kier alpha value is -1.81. The monoisotopic (exact) mass is 497 g/mol. The van der Waals surface area contributed by atoms with Gasteiger partial charge in [0.25, 0.3) is 0 Å². The SMILES string of the molecule is COc1ccc(Cl)cc1NC(=O)CCSc1ccc(S(=O)(=O)N(C)C2CCCCC2)cn1. The van der Waals surface area contributed by atoms with Crippen LogP contribution in [-0.4, -0.2) is 49.6 Å². The lowest BCUT2D eigenvalue weighted by Crippen LogP contribution is -2.38. The zero-order chi connectivity index (χ0) is 23.1. The van der Waals surface area contributed by atoms with E-state index in [0.29, 0.717) is 27.2 Å². The van der Waals surface area contributed by atoms with Crippen molar-refractivity contribution in [2.24, 2.45) is 0 Å². The summed E-state index contributed by atoms with van der Waals surface area (Å²) in [4.78, 5) is 16.7. The summed E-state index contributed by atoms with van der Waals surface area (Å²) in [6, 6.07) is 8.34. The lowest BCUT2D eigenvalue weighted by Gasteiger charge is -2.30. The minimum atomic E-state index is -3.56. The molecule has 32 heavy (non-hydrogen) atoms. The van der Waals surface area contributed by atoms with Gasteiger partial charge >= 0.3 is 0 Å². The molecule has 1 aromatic carbocycles. The van der Waals surface area contributed by atoms with Crippen molar-refractivity contribution >= 4 is 45.0 Å². The van der Waals surface area contributed by atoms with Crippen LogP contribution in [0.2, 0.25) is 5.02 Å². The number of nitrogens with zero attached hydrogens (tertiary/aromatic N) is 2. The number of benzene rings is 1. The number of anilines is 1. The topological polar surface area (TPSA) is 88.6 Å². The van der Waals surface area contributed by atoms with E-state index in [1.807, 2.05) is 0 Å². The molecule has 0 aliphatic heterocycles. The number of methoxy groups -OCH3 is 1. The van der Waals surface area contributed by atoms with Gasteiger partial charge in [0.05, 0.1) is 17.8 Å². The summed E-state index contributed by atoms with van der Waals surface area (Å²) in [6.45, 7) is 0. The first-order valence-corrected chi connectivity index (χ1v) is 13.3. The Labute approximate surface area is 198 Å². The van der Waals surface area contributed by atoms with E-state index in [9.17, 15) is 13.2 Å². The van der Waals surface area contributed by atoms with Crippen LogP contribution < -0.4 is 10.1 Å². The predicted molar refractivity (Wildman–Crippen MR) is 128 cm³/mol. The van der Waals surface area contributed by atoms with Crippen LogP contribution in [0.5, 0.6) is 5.75 Å². The van der Waals surface area contributed by atoms with Gasteiger partial charge in [0.15, 0.2) is 0 Å². The molecule has 2 aromatic rings. The maximum absolute atomic E-state index is 12.9. The Morgan fingerprint density at radius 3 is 2.66 bits per heavy atom. The molecule has 174 valence electrons. The van der Waals surface area contributed by atoms with Gasteiger partial charge in [0.1, 0.15) is 10.6 Å². The molecular formula is C22H28ClN3O4S2. The minimum Gasteiger partial charge on any atom is -0.495 e. The maximum Gasteiger partial charge on any atom is 0.244 e. The Morgan fingerprint density at radius 1 is 1.25 bits per heavy atom. The number of halogens is 1. The van der Waals surface area contributed by atoms with Gasteiger partial charge in [-0.05, 0) is 43.2 Å². The molecule has 10 heteroatoms. The smallest absolute Gasteiger partial charge is 0.244 e. The fraction of sp³-hybridized carbons (Fsp3) is 0.455. The minimum absolute atomic E-state index is 0.0550. The van der Waals surface area contributed by atoms with Crippen molar-refractivity contribution in [3.8, 4) is 5.75 Å². The second kappa shape index (κ2) is 11.4. The molecule has 1 fully saturated rings. The third-order valence-electron chi connectivity index (χ3n) is 5.49. The summed E-state index contributed by atoms with van der Waals surface area (Å²) in [7, 11) is -0.380. The average molecular weight is 498 g/mol. The van der Waals surface area contributed by atoms with Crippen LogP contribution in [0.4, 0.5) is 5.69 Å². The summed E-state index contributed by atoms with van der Waals surface area (Å²) in [5.74, 6) is 0.855. The molecule has 1 aliphatic rings. The number of carbonyl (C=O) groups excluding carboxylic acids is 1. The first kappa shape index (κ1) is 24.8. The summed E-state index contributed by atoms with van der Waals surface area (Å²) in [5, 5.41) is 3.96. The van der Waals surface area contributed by atoms with Gasteiger partial charge in [-0.15, -0.1) is 11.8 Å². The van der Waals surface area contributed by atoms with Crippen LogP contribution >= 0.6 is 23.4 Å². The molecule has 1 aromatic heterocycles. The number of hydrogen-bond donors (Lipinski definition) is 1. The van der Waals surface area contributed by atoms with Crippen molar-refractivity contribution in [1.29, 1.82) is 0 Å². The number of ether oxygens (including phenoxy) is 1. The predicted octanol–water partition coefficient (Wildman–Crippen LogP) is 4.82. The molecular weight excluding hydrogens is 470 g/mol. The van der Waals surface area contributed by atoms with E-state index >= 15 is 0 Å². The van der Waals surface area contributed by atoms with E-state index < -0.39 is 10.0 Å². The third kappa shape index (κ3) is 6.37. The molecule has 0 spiro atoms. The van der Waals surface area contributed by atoms with Crippen LogP contribution in [0, 0.1) is 0 Å².